The molecule has 1 aromatic heterocycles. The number of benzene rings is 1. The second-order valence-corrected chi connectivity index (χ2v) is 6.40. The van der Waals surface area contributed by atoms with Crippen molar-refractivity contribution in [1.82, 2.24) is 15.2 Å². The number of nitrogens with zero attached hydrogens (tertiary/aromatic N) is 2. The van der Waals surface area contributed by atoms with Gasteiger partial charge in [-0.05, 0) is 23.8 Å². The molecule has 0 bridgehead atoms. The van der Waals surface area contributed by atoms with Gasteiger partial charge in [0.05, 0.1) is 18.0 Å². The fraction of sp³-hybridized carbons (Fsp3) is 0.316. The molecule has 1 saturated heterocycles. The number of carbonyl (C=O) groups is 2. The standard InChI is InChI=1S/C19H18F3N3O2/c20-19(21,22)16-7-2-1-5-13(16)11-25-12-15(10-18(25)27)24-17(26)9-14-6-3-4-8-23-14/h1-8,15H,9-12H2,(H,24,26). The van der Waals surface area contributed by atoms with Crippen molar-refractivity contribution < 1.29 is 22.8 Å². The van der Waals surface area contributed by atoms with Gasteiger partial charge in [0.25, 0.3) is 0 Å². The third-order valence-corrected chi connectivity index (χ3v) is 4.33. The molecule has 1 aromatic carbocycles. The number of aromatic nitrogens is 1. The molecule has 8 heteroatoms. The number of likely N-dealkylation sites (tertiary alicyclic amines) is 1. The monoisotopic (exact) mass is 377 g/mol. The van der Waals surface area contributed by atoms with E-state index in [0.717, 1.165) is 6.07 Å². The van der Waals surface area contributed by atoms with Crippen LogP contribution in [0.1, 0.15) is 23.2 Å². The number of hydrogen-bond donors (Lipinski definition) is 1. The molecule has 3 rings (SSSR count). The van der Waals surface area contributed by atoms with Crippen LogP contribution in [0.5, 0.6) is 0 Å². The molecule has 0 spiro atoms. The van der Waals surface area contributed by atoms with E-state index in [9.17, 15) is 22.8 Å². The van der Waals surface area contributed by atoms with Crippen LogP contribution in [-0.4, -0.2) is 34.3 Å². The lowest BCUT2D eigenvalue weighted by molar-refractivity contribution is -0.139. The molecule has 2 amide bonds. The summed E-state index contributed by atoms with van der Waals surface area (Å²) in [5.41, 5.74) is -0.102. The first-order valence-corrected chi connectivity index (χ1v) is 8.45. The highest BCUT2D eigenvalue weighted by Crippen LogP contribution is 2.32. The Morgan fingerprint density at radius 2 is 1.93 bits per heavy atom. The highest BCUT2D eigenvalue weighted by Gasteiger charge is 2.35. The summed E-state index contributed by atoms with van der Waals surface area (Å²) >= 11 is 0. The lowest BCUT2D eigenvalue weighted by Gasteiger charge is -2.20. The van der Waals surface area contributed by atoms with Crippen LogP contribution in [0.15, 0.2) is 48.7 Å². The molecule has 0 aliphatic carbocycles. The largest absolute Gasteiger partial charge is 0.416 e. The van der Waals surface area contributed by atoms with Crippen molar-refractivity contribution in [1.29, 1.82) is 0 Å². The van der Waals surface area contributed by atoms with Gasteiger partial charge in [-0.1, -0.05) is 24.3 Å². The fourth-order valence-corrected chi connectivity index (χ4v) is 3.11. The molecule has 1 atom stereocenters. The Bertz CT molecular complexity index is 824. The maximum atomic E-state index is 13.1. The van der Waals surface area contributed by atoms with E-state index in [1.807, 2.05) is 0 Å². The van der Waals surface area contributed by atoms with Crippen LogP contribution in [0.25, 0.3) is 0 Å². The van der Waals surface area contributed by atoms with Gasteiger partial charge in [-0.15, -0.1) is 0 Å². The first-order valence-electron chi connectivity index (χ1n) is 8.45. The van der Waals surface area contributed by atoms with Gasteiger partial charge in [0.1, 0.15) is 0 Å². The van der Waals surface area contributed by atoms with Crippen LogP contribution in [0.2, 0.25) is 0 Å². The third-order valence-electron chi connectivity index (χ3n) is 4.33. The lowest BCUT2D eigenvalue weighted by Crippen LogP contribution is -2.38. The van der Waals surface area contributed by atoms with Crippen molar-refractivity contribution in [3.05, 3.63) is 65.5 Å². The number of carbonyl (C=O) groups excluding carboxylic acids is 2. The summed E-state index contributed by atoms with van der Waals surface area (Å²) in [4.78, 5) is 29.7. The summed E-state index contributed by atoms with van der Waals surface area (Å²) in [6.07, 6.45) is -2.73. The molecular weight excluding hydrogens is 359 g/mol. The van der Waals surface area contributed by atoms with E-state index in [1.165, 1.54) is 23.1 Å². The summed E-state index contributed by atoms with van der Waals surface area (Å²) in [5, 5.41) is 2.75. The zero-order valence-corrected chi connectivity index (χ0v) is 14.4. The SMILES string of the molecule is O=C(Cc1ccccn1)NC1CC(=O)N(Cc2ccccc2C(F)(F)F)C1. The molecule has 1 aliphatic rings. The minimum absolute atomic E-state index is 0.0406. The maximum absolute atomic E-state index is 13.1. The zero-order valence-electron chi connectivity index (χ0n) is 14.4. The molecule has 0 saturated carbocycles. The van der Waals surface area contributed by atoms with E-state index in [2.05, 4.69) is 10.3 Å². The molecule has 2 aromatic rings. The van der Waals surface area contributed by atoms with E-state index in [4.69, 9.17) is 0 Å². The molecule has 1 N–H and O–H groups in total. The molecule has 5 nitrogen and oxygen atoms in total. The Kier molecular flexibility index (Phi) is 5.43. The Labute approximate surface area is 154 Å². The highest BCUT2D eigenvalue weighted by molar-refractivity contribution is 5.83. The predicted octanol–water partition coefficient (Wildman–Crippen LogP) is 2.56. The normalized spacial score (nSPS) is 17.2. The van der Waals surface area contributed by atoms with Gasteiger partial charge in [0.2, 0.25) is 11.8 Å². The minimum atomic E-state index is -4.48. The average molecular weight is 377 g/mol. The van der Waals surface area contributed by atoms with Crippen molar-refractivity contribution in [2.75, 3.05) is 6.54 Å². The average Bonchev–Trinajstić information content (AvgIpc) is 2.94. The van der Waals surface area contributed by atoms with Crippen LogP contribution >= 0.6 is 0 Å². The molecular formula is C19H18F3N3O2. The van der Waals surface area contributed by atoms with Gasteiger partial charge in [-0.2, -0.15) is 13.2 Å². The van der Waals surface area contributed by atoms with Crippen LogP contribution in [0.3, 0.4) is 0 Å². The third kappa shape index (κ3) is 4.84. The minimum Gasteiger partial charge on any atom is -0.351 e. The first-order chi connectivity index (χ1) is 12.8. The van der Waals surface area contributed by atoms with Crippen LogP contribution in [0, 0.1) is 0 Å². The van der Waals surface area contributed by atoms with Crippen LogP contribution < -0.4 is 5.32 Å². The van der Waals surface area contributed by atoms with Crippen molar-refractivity contribution in [3.63, 3.8) is 0 Å². The molecule has 0 radical (unpaired) electrons. The topological polar surface area (TPSA) is 62.3 Å². The van der Waals surface area contributed by atoms with Gasteiger partial charge < -0.3 is 10.2 Å². The maximum Gasteiger partial charge on any atom is 0.416 e. The first kappa shape index (κ1) is 18.9. The molecule has 1 unspecified atom stereocenters. The number of hydrogen-bond acceptors (Lipinski definition) is 3. The van der Waals surface area contributed by atoms with E-state index in [1.54, 1.807) is 24.4 Å². The Morgan fingerprint density at radius 1 is 1.19 bits per heavy atom. The van der Waals surface area contributed by atoms with Gasteiger partial charge in [-0.3, -0.25) is 14.6 Å². The number of amides is 2. The summed E-state index contributed by atoms with van der Waals surface area (Å²) in [6.45, 7) is 0.0418. The summed E-state index contributed by atoms with van der Waals surface area (Å²) < 4.78 is 39.3. The number of rotatable bonds is 5. The number of nitrogens with one attached hydrogen (secondary N) is 1. The van der Waals surface area contributed by atoms with Gasteiger partial charge in [0.15, 0.2) is 0 Å². The van der Waals surface area contributed by atoms with E-state index >= 15 is 0 Å². The van der Waals surface area contributed by atoms with E-state index < -0.39 is 17.8 Å². The number of pyridine rings is 1. The Morgan fingerprint density at radius 3 is 2.63 bits per heavy atom. The van der Waals surface area contributed by atoms with Crippen LogP contribution in [0.4, 0.5) is 13.2 Å². The van der Waals surface area contributed by atoms with Crippen molar-refractivity contribution in [3.8, 4) is 0 Å². The number of alkyl halides is 3. The Balaban J connectivity index is 1.61. The smallest absolute Gasteiger partial charge is 0.351 e. The van der Waals surface area contributed by atoms with Crippen molar-refractivity contribution in [2.45, 2.75) is 31.6 Å². The molecule has 1 aliphatic heterocycles. The second kappa shape index (κ2) is 7.77. The molecule has 142 valence electrons. The fourth-order valence-electron chi connectivity index (χ4n) is 3.11. The van der Waals surface area contributed by atoms with Gasteiger partial charge >= 0.3 is 6.18 Å². The van der Waals surface area contributed by atoms with Crippen molar-refractivity contribution in [2.24, 2.45) is 0 Å². The summed E-state index contributed by atoms with van der Waals surface area (Å²) in [5.74, 6) is -0.556. The van der Waals surface area contributed by atoms with Crippen molar-refractivity contribution >= 4 is 11.8 Å². The lowest BCUT2D eigenvalue weighted by atomic mass is 10.1. The zero-order chi connectivity index (χ0) is 19.4. The Hall–Kier alpha value is -2.90. The quantitative estimate of drug-likeness (QED) is 0.871. The summed E-state index contributed by atoms with van der Waals surface area (Å²) in [7, 11) is 0. The molecule has 27 heavy (non-hydrogen) atoms. The van der Waals surface area contributed by atoms with Gasteiger partial charge in [0, 0.05) is 31.4 Å². The van der Waals surface area contributed by atoms with E-state index in [-0.39, 0.29) is 43.3 Å². The number of halogens is 3. The second-order valence-electron chi connectivity index (χ2n) is 6.40. The molecule has 1 fully saturated rings. The summed E-state index contributed by atoms with van der Waals surface area (Å²) in [6, 6.07) is 10.0. The predicted molar refractivity (Wildman–Crippen MR) is 91.3 cm³/mol. The van der Waals surface area contributed by atoms with E-state index in [0.29, 0.717) is 5.69 Å². The van der Waals surface area contributed by atoms with Gasteiger partial charge in [-0.25, -0.2) is 0 Å². The highest BCUT2D eigenvalue weighted by atomic mass is 19.4. The van der Waals surface area contributed by atoms with Crippen LogP contribution in [-0.2, 0) is 28.7 Å². The molecule has 2 heterocycles.